The molecule has 0 N–H and O–H groups in total. The Hall–Kier alpha value is 0.0700. The largest absolute Gasteiger partial charge is 0.374 e. The van der Waals surface area contributed by atoms with Crippen molar-refractivity contribution >= 4 is 10.8 Å². The monoisotopic (exact) mass is 176 g/mol. The van der Waals surface area contributed by atoms with Crippen LogP contribution in [0.4, 0.5) is 0 Å². The number of rotatable bonds is 1. The molecular weight excluding hydrogens is 164 g/mol. The van der Waals surface area contributed by atoms with E-state index in [1.165, 1.54) is 0 Å². The minimum Gasteiger partial charge on any atom is -0.374 e. The van der Waals surface area contributed by atoms with Gasteiger partial charge in [0.2, 0.25) is 0 Å². The van der Waals surface area contributed by atoms with Crippen LogP contribution in [0.1, 0.15) is 6.42 Å². The highest BCUT2D eigenvalue weighted by Gasteiger charge is 2.43. The first-order valence-corrected chi connectivity index (χ1v) is 5.46. The third kappa shape index (κ3) is 1.23. The Labute approximate surface area is 68.5 Å². The van der Waals surface area contributed by atoms with E-state index in [2.05, 4.69) is 0 Å². The molecule has 4 heteroatoms. The van der Waals surface area contributed by atoms with E-state index >= 15 is 0 Å². The maximum absolute atomic E-state index is 11.1. The molecule has 0 aliphatic carbocycles. The number of hydrogen-bond donors (Lipinski definition) is 0. The van der Waals surface area contributed by atoms with Crippen molar-refractivity contribution in [1.29, 1.82) is 0 Å². The second-order valence-electron chi connectivity index (χ2n) is 3.03. The summed E-state index contributed by atoms with van der Waals surface area (Å²) in [4.78, 5) is 0. The molecule has 4 atom stereocenters. The Kier molecular flexibility index (Phi) is 1.99. The second-order valence-corrected chi connectivity index (χ2v) is 4.64. The fraction of sp³-hybridized carbons (Fsp3) is 1.00. The van der Waals surface area contributed by atoms with Gasteiger partial charge in [0, 0.05) is 23.7 Å². The number of hydrogen-bond acceptors (Lipinski definition) is 3. The molecule has 0 aromatic rings. The molecule has 2 rings (SSSR count). The van der Waals surface area contributed by atoms with Crippen molar-refractivity contribution in [2.75, 3.05) is 19.5 Å². The molecule has 2 aliphatic heterocycles. The fourth-order valence-electron chi connectivity index (χ4n) is 1.71. The van der Waals surface area contributed by atoms with E-state index in [0.29, 0.717) is 6.61 Å². The topological polar surface area (TPSA) is 35.5 Å². The number of ether oxygens (including phenoxy) is 2. The first-order chi connectivity index (χ1) is 5.29. The van der Waals surface area contributed by atoms with Gasteiger partial charge in [-0.25, -0.2) is 0 Å². The minimum atomic E-state index is -0.802. The van der Waals surface area contributed by atoms with Crippen molar-refractivity contribution in [3.05, 3.63) is 0 Å². The normalized spacial score (nSPS) is 45.7. The van der Waals surface area contributed by atoms with Gasteiger partial charge in [-0.2, -0.15) is 0 Å². The van der Waals surface area contributed by atoms with Gasteiger partial charge in [-0.15, -0.1) is 0 Å². The van der Waals surface area contributed by atoms with Gasteiger partial charge in [0.05, 0.1) is 18.0 Å². The van der Waals surface area contributed by atoms with Crippen LogP contribution in [0.5, 0.6) is 0 Å². The van der Waals surface area contributed by atoms with Crippen LogP contribution in [0.25, 0.3) is 0 Å². The Morgan fingerprint density at radius 1 is 1.45 bits per heavy atom. The van der Waals surface area contributed by atoms with E-state index in [1.54, 1.807) is 6.26 Å². The molecule has 11 heavy (non-hydrogen) atoms. The Bertz CT molecular complexity index is 183. The van der Waals surface area contributed by atoms with Crippen LogP contribution in [0.15, 0.2) is 0 Å². The molecule has 0 radical (unpaired) electrons. The predicted octanol–water partition coefficient (Wildman–Crippen LogP) is -0.0788. The lowest BCUT2D eigenvalue weighted by molar-refractivity contribution is 0.0737. The number of fused-ring (bicyclic) bond motifs is 1. The summed E-state index contributed by atoms with van der Waals surface area (Å²) in [6.45, 7) is 1.38. The van der Waals surface area contributed by atoms with E-state index in [4.69, 9.17) is 9.47 Å². The molecule has 0 saturated carbocycles. The smallest absolute Gasteiger partial charge is 0.100 e. The summed E-state index contributed by atoms with van der Waals surface area (Å²) in [6.07, 6.45) is 3.03. The van der Waals surface area contributed by atoms with Crippen LogP contribution >= 0.6 is 0 Å². The van der Waals surface area contributed by atoms with E-state index in [-0.39, 0.29) is 17.5 Å². The third-order valence-electron chi connectivity index (χ3n) is 2.35. The summed E-state index contributed by atoms with van der Waals surface area (Å²) < 4.78 is 22.0. The van der Waals surface area contributed by atoms with Crippen molar-refractivity contribution in [3.63, 3.8) is 0 Å². The molecule has 3 unspecified atom stereocenters. The summed E-state index contributed by atoms with van der Waals surface area (Å²) in [5.41, 5.74) is 0. The molecule has 0 aromatic heterocycles. The molecular formula is C7H12O3S. The fourth-order valence-corrected chi connectivity index (χ4v) is 2.62. The van der Waals surface area contributed by atoms with Crippen molar-refractivity contribution < 1.29 is 13.7 Å². The van der Waals surface area contributed by atoms with Gasteiger partial charge in [0.1, 0.15) is 6.10 Å². The highest BCUT2D eigenvalue weighted by atomic mass is 32.2. The zero-order chi connectivity index (χ0) is 7.84. The molecule has 2 aliphatic rings. The lowest BCUT2D eigenvalue weighted by Crippen LogP contribution is -2.30. The lowest BCUT2D eigenvalue weighted by Gasteiger charge is -2.12. The minimum absolute atomic E-state index is 0.112. The van der Waals surface area contributed by atoms with Gasteiger partial charge in [-0.3, -0.25) is 4.21 Å². The van der Waals surface area contributed by atoms with Gasteiger partial charge >= 0.3 is 0 Å². The van der Waals surface area contributed by atoms with E-state index < -0.39 is 10.8 Å². The van der Waals surface area contributed by atoms with Gasteiger partial charge in [-0.1, -0.05) is 0 Å². The van der Waals surface area contributed by atoms with Crippen LogP contribution in [0.3, 0.4) is 0 Å². The summed E-state index contributed by atoms with van der Waals surface area (Å²) in [5, 5.41) is 0.113. The maximum atomic E-state index is 11.1. The predicted molar refractivity (Wildman–Crippen MR) is 42.0 cm³/mol. The maximum Gasteiger partial charge on any atom is 0.100 e. The van der Waals surface area contributed by atoms with Crippen LogP contribution in [0, 0.1) is 0 Å². The molecule has 2 heterocycles. The first kappa shape index (κ1) is 7.71. The Morgan fingerprint density at radius 2 is 2.27 bits per heavy atom. The Balaban J connectivity index is 2.08. The van der Waals surface area contributed by atoms with Crippen molar-refractivity contribution in [1.82, 2.24) is 0 Å². The second kappa shape index (κ2) is 2.84. The van der Waals surface area contributed by atoms with Crippen molar-refractivity contribution in [2.45, 2.75) is 23.9 Å². The lowest BCUT2D eigenvalue weighted by atomic mass is 10.2. The standard InChI is InChI=1S/C7H12O3S/c1-11(8)6-4-10-5-2-3-9-7(5)6/h5-7H,2-4H2,1H3/t5?,6?,7?,11-/m1/s1. The molecule has 2 fully saturated rings. The average Bonchev–Trinajstić information content (AvgIpc) is 2.41. The summed E-state index contributed by atoms with van der Waals surface area (Å²) in [7, 11) is -0.802. The average molecular weight is 176 g/mol. The van der Waals surface area contributed by atoms with Crippen molar-refractivity contribution in [3.8, 4) is 0 Å². The van der Waals surface area contributed by atoms with Crippen LogP contribution in [0.2, 0.25) is 0 Å². The SMILES string of the molecule is C[S@@](=O)C1COC2CCOC21. The van der Waals surface area contributed by atoms with Gasteiger partial charge < -0.3 is 9.47 Å². The zero-order valence-electron chi connectivity index (χ0n) is 6.49. The van der Waals surface area contributed by atoms with E-state index in [0.717, 1.165) is 13.0 Å². The van der Waals surface area contributed by atoms with E-state index in [1.807, 2.05) is 0 Å². The first-order valence-electron chi connectivity index (χ1n) is 3.84. The summed E-state index contributed by atoms with van der Waals surface area (Å²) in [5.74, 6) is 0. The van der Waals surface area contributed by atoms with Gasteiger partial charge in [-0.05, 0) is 6.42 Å². The van der Waals surface area contributed by atoms with Crippen LogP contribution < -0.4 is 0 Å². The molecule has 0 amide bonds. The van der Waals surface area contributed by atoms with Gasteiger partial charge in [0.15, 0.2) is 0 Å². The quantitative estimate of drug-likeness (QED) is 0.560. The highest BCUT2D eigenvalue weighted by Crippen LogP contribution is 2.28. The zero-order valence-corrected chi connectivity index (χ0v) is 7.30. The summed E-state index contributed by atoms with van der Waals surface area (Å²) in [6, 6.07) is 0. The molecule has 64 valence electrons. The van der Waals surface area contributed by atoms with Gasteiger partial charge in [0.25, 0.3) is 0 Å². The van der Waals surface area contributed by atoms with Crippen LogP contribution in [-0.4, -0.2) is 41.1 Å². The highest BCUT2D eigenvalue weighted by molar-refractivity contribution is 7.85. The molecule has 0 spiro atoms. The summed E-state index contributed by atoms with van der Waals surface area (Å²) >= 11 is 0. The van der Waals surface area contributed by atoms with Crippen LogP contribution in [-0.2, 0) is 20.3 Å². The molecule has 3 nitrogen and oxygen atoms in total. The third-order valence-corrected chi connectivity index (χ3v) is 3.60. The molecule has 0 aromatic carbocycles. The van der Waals surface area contributed by atoms with E-state index in [9.17, 15) is 4.21 Å². The Morgan fingerprint density at radius 3 is 3.00 bits per heavy atom. The molecule has 0 bridgehead atoms. The van der Waals surface area contributed by atoms with Crippen molar-refractivity contribution in [2.24, 2.45) is 0 Å². The molecule has 2 saturated heterocycles.